The van der Waals surface area contributed by atoms with Crippen molar-refractivity contribution >= 4 is 17.0 Å². The van der Waals surface area contributed by atoms with Crippen molar-refractivity contribution in [3.05, 3.63) is 0 Å². The van der Waals surface area contributed by atoms with Crippen LogP contribution in [0.1, 0.15) is 6.92 Å². The fourth-order valence-electron chi connectivity index (χ4n) is 0.189. The van der Waals surface area contributed by atoms with Crippen LogP contribution in [0.25, 0.3) is 0 Å². The lowest BCUT2D eigenvalue weighted by Gasteiger charge is -1.89. The third-order valence-electron chi connectivity index (χ3n) is 0.451. The van der Waals surface area contributed by atoms with Gasteiger partial charge in [-0.25, -0.2) is 4.99 Å². The van der Waals surface area contributed by atoms with Gasteiger partial charge in [-0.1, -0.05) is 0 Å². The van der Waals surface area contributed by atoms with Crippen molar-refractivity contribution in [3.63, 3.8) is 0 Å². The van der Waals surface area contributed by atoms with Gasteiger partial charge >= 0.3 is 0 Å². The van der Waals surface area contributed by atoms with Crippen molar-refractivity contribution < 1.29 is 4.74 Å². The van der Waals surface area contributed by atoms with Gasteiger partial charge in [0.05, 0.1) is 7.11 Å². The molecule has 0 aromatic rings. The molecule has 0 atom stereocenters. The van der Waals surface area contributed by atoms with Gasteiger partial charge in [0.1, 0.15) is 0 Å². The Morgan fingerprint density at radius 1 is 1.86 bits per heavy atom. The Hall–Kier alpha value is -0.240. The average Bonchev–Trinajstić information content (AvgIpc) is 1.68. The number of hydrogen-bond acceptors (Lipinski definition) is 2. The Morgan fingerprint density at radius 2 is 2.43 bits per heavy atom. The molecule has 0 N–H and O–H groups in total. The smallest absolute Gasteiger partial charge is 0.281 e. The van der Waals surface area contributed by atoms with Crippen molar-refractivity contribution in [2.45, 2.75) is 6.92 Å². The molecular formula is C4H8ClNO. The SMILES string of the molecule is CCN=C(Cl)OC. The van der Waals surface area contributed by atoms with E-state index >= 15 is 0 Å². The monoisotopic (exact) mass is 121 g/mol. The second kappa shape index (κ2) is 3.93. The van der Waals surface area contributed by atoms with E-state index in [0.717, 1.165) is 0 Å². The highest BCUT2D eigenvalue weighted by molar-refractivity contribution is 6.62. The molecule has 0 unspecified atom stereocenters. The standard InChI is InChI=1S/C4H8ClNO/c1-3-6-4(5)7-2/h3H2,1-2H3. The molecule has 0 bridgehead atoms. The number of ether oxygens (including phenoxy) is 1. The Kier molecular flexibility index (Phi) is 3.80. The van der Waals surface area contributed by atoms with Crippen LogP contribution in [0.15, 0.2) is 4.99 Å². The molecule has 7 heavy (non-hydrogen) atoms. The largest absolute Gasteiger partial charge is 0.473 e. The summed E-state index contributed by atoms with van der Waals surface area (Å²) in [4.78, 5) is 3.70. The van der Waals surface area contributed by atoms with E-state index in [2.05, 4.69) is 9.73 Å². The fraction of sp³-hybridized carbons (Fsp3) is 0.750. The van der Waals surface area contributed by atoms with Gasteiger partial charge in [0.15, 0.2) is 0 Å². The van der Waals surface area contributed by atoms with Gasteiger partial charge in [0.25, 0.3) is 5.36 Å². The van der Waals surface area contributed by atoms with Crippen LogP contribution in [0.4, 0.5) is 0 Å². The van der Waals surface area contributed by atoms with Crippen LogP contribution in [0.5, 0.6) is 0 Å². The number of rotatable bonds is 1. The minimum absolute atomic E-state index is 0.225. The van der Waals surface area contributed by atoms with Crippen molar-refractivity contribution in [1.29, 1.82) is 0 Å². The molecule has 0 aromatic carbocycles. The van der Waals surface area contributed by atoms with E-state index in [0.29, 0.717) is 6.54 Å². The van der Waals surface area contributed by atoms with E-state index in [1.54, 1.807) is 0 Å². The summed E-state index contributed by atoms with van der Waals surface area (Å²) < 4.78 is 4.51. The zero-order valence-electron chi connectivity index (χ0n) is 4.44. The normalized spacial score (nSPS) is 11.6. The molecule has 42 valence electrons. The van der Waals surface area contributed by atoms with Crippen LogP contribution in [0.2, 0.25) is 0 Å². The van der Waals surface area contributed by atoms with Crippen LogP contribution in [0, 0.1) is 0 Å². The third kappa shape index (κ3) is 3.59. The first-order chi connectivity index (χ1) is 3.31. The van der Waals surface area contributed by atoms with Crippen molar-refractivity contribution in [1.82, 2.24) is 0 Å². The Bertz CT molecular complexity index is 72.1. The van der Waals surface area contributed by atoms with E-state index in [9.17, 15) is 0 Å². The Labute approximate surface area is 48.1 Å². The topological polar surface area (TPSA) is 21.6 Å². The zero-order chi connectivity index (χ0) is 5.70. The number of aliphatic imine (C=N–C) groups is 1. The van der Waals surface area contributed by atoms with Crippen molar-refractivity contribution in [2.24, 2.45) is 4.99 Å². The van der Waals surface area contributed by atoms with E-state index < -0.39 is 0 Å². The molecule has 0 heterocycles. The molecule has 0 aliphatic heterocycles. The molecule has 0 saturated carbocycles. The molecule has 0 amide bonds. The zero-order valence-corrected chi connectivity index (χ0v) is 5.20. The first-order valence-electron chi connectivity index (χ1n) is 2.05. The highest BCUT2D eigenvalue weighted by Crippen LogP contribution is 1.83. The van der Waals surface area contributed by atoms with Gasteiger partial charge in [-0.2, -0.15) is 0 Å². The molecule has 0 rings (SSSR count). The molecular weight excluding hydrogens is 114 g/mol. The summed E-state index contributed by atoms with van der Waals surface area (Å²) in [7, 11) is 1.49. The number of hydrogen-bond donors (Lipinski definition) is 0. The summed E-state index contributed by atoms with van der Waals surface area (Å²) >= 11 is 5.29. The Balaban J connectivity index is 3.29. The Morgan fingerprint density at radius 3 is 2.57 bits per heavy atom. The summed E-state index contributed by atoms with van der Waals surface area (Å²) in [6, 6.07) is 0. The molecule has 0 aromatic heterocycles. The molecule has 0 fully saturated rings. The maximum absolute atomic E-state index is 5.29. The highest BCUT2D eigenvalue weighted by Gasteiger charge is 1.82. The van der Waals surface area contributed by atoms with Gasteiger partial charge in [-0.15, -0.1) is 0 Å². The molecule has 0 spiro atoms. The van der Waals surface area contributed by atoms with Gasteiger partial charge in [0.2, 0.25) is 0 Å². The predicted octanol–water partition coefficient (Wildman–Crippen LogP) is 1.25. The molecule has 0 saturated heterocycles. The molecule has 0 radical (unpaired) electrons. The van der Waals surface area contributed by atoms with Gasteiger partial charge in [-0.05, 0) is 18.5 Å². The molecule has 0 aliphatic rings. The van der Waals surface area contributed by atoms with E-state index in [1.165, 1.54) is 7.11 Å². The van der Waals surface area contributed by atoms with Crippen LogP contribution < -0.4 is 0 Å². The lowest BCUT2D eigenvalue weighted by atomic mass is 10.8. The predicted molar refractivity (Wildman–Crippen MR) is 30.8 cm³/mol. The van der Waals surface area contributed by atoms with Crippen LogP contribution in [0.3, 0.4) is 0 Å². The van der Waals surface area contributed by atoms with Crippen LogP contribution in [-0.4, -0.2) is 19.0 Å². The van der Waals surface area contributed by atoms with E-state index in [4.69, 9.17) is 11.6 Å². The van der Waals surface area contributed by atoms with E-state index in [1.807, 2.05) is 6.92 Å². The number of nitrogens with zero attached hydrogens (tertiary/aromatic N) is 1. The molecule has 3 heteroatoms. The number of halogens is 1. The second-order valence-electron chi connectivity index (χ2n) is 0.931. The van der Waals surface area contributed by atoms with Crippen molar-refractivity contribution in [2.75, 3.05) is 13.7 Å². The molecule has 2 nitrogen and oxygen atoms in total. The van der Waals surface area contributed by atoms with Crippen LogP contribution >= 0.6 is 11.6 Å². The highest BCUT2D eigenvalue weighted by atomic mass is 35.5. The minimum Gasteiger partial charge on any atom is -0.473 e. The lowest BCUT2D eigenvalue weighted by molar-refractivity contribution is 0.413. The second-order valence-corrected chi connectivity index (χ2v) is 1.25. The van der Waals surface area contributed by atoms with E-state index in [-0.39, 0.29) is 5.36 Å². The maximum atomic E-state index is 5.29. The van der Waals surface area contributed by atoms with Gasteiger partial charge in [-0.3, -0.25) is 0 Å². The van der Waals surface area contributed by atoms with Gasteiger partial charge < -0.3 is 4.74 Å². The average molecular weight is 122 g/mol. The van der Waals surface area contributed by atoms with Crippen LogP contribution in [-0.2, 0) is 4.74 Å². The maximum Gasteiger partial charge on any atom is 0.281 e. The lowest BCUT2D eigenvalue weighted by Crippen LogP contribution is -1.89. The quantitative estimate of drug-likeness (QED) is 0.378. The van der Waals surface area contributed by atoms with Crippen molar-refractivity contribution in [3.8, 4) is 0 Å². The third-order valence-corrected chi connectivity index (χ3v) is 0.725. The first-order valence-corrected chi connectivity index (χ1v) is 2.43. The summed E-state index contributed by atoms with van der Waals surface area (Å²) in [5.74, 6) is 0. The summed E-state index contributed by atoms with van der Waals surface area (Å²) in [6.07, 6.45) is 0. The summed E-state index contributed by atoms with van der Waals surface area (Å²) in [5.41, 5.74) is 0. The number of methoxy groups -OCH3 is 1. The fourth-order valence-corrected chi connectivity index (χ4v) is 0.308. The minimum atomic E-state index is 0.225. The molecule has 0 aliphatic carbocycles. The summed E-state index contributed by atoms with van der Waals surface area (Å²) in [5, 5.41) is 0.225. The first kappa shape index (κ1) is 6.76. The van der Waals surface area contributed by atoms with Gasteiger partial charge in [0, 0.05) is 6.54 Å². The summed E-state index contributed by atoms with van der Waals surface area (Å²) in [6.45, 7) is 2.56.